The van der Waals surface area contributed by atoms with Gasteiger partial charge in [0, 0.05) is 19.0 Å². The quantitative estimate of drug-likeness (QED) is 0.673. The van der Waals surface area contributed by atoms with Crippen LogP contribution in [0.2, 0.25) is 0 Å². The minimum atomic E-state index is -1.11. The highest BCUT2D eigenvalue weighted by atomic mass is 19.1. The maximum absolute atomic E-state index is 14.4. The number of aryl methyl sites for hydroxylation is 1. The number of carbonyl (C=O) groups is 1. The van der Waals surface area contributed by atoms with Crippen LogP contribution in [0.5, 0.6) is 0 Å². The summed E-state index contributed by atoms with van der Waals surface area (Å²) >= 11 is 0. The van der Waals surface area contributed by atoms with Crippen molar-refractivity contribution in [1.29, 1.82) is 0 Å². The standard InChI is InChI=1S/C19H23FN2O2/c1-11-7-15(19(23)24)8-16(20)17(11)21-18(12-5-6-12)22-9-13-3-2-4-14(13)10-22/h7-8,12-14H,2-6,9-10H2,1H3,(H,23,24)/t13-,14+. The summed E-state index contributed by atoms with van der Waals surface area (Å²) in [4.78, 5) is 18.1. The molecule has 0 amide bonds. The third-order valence-corrected chi connectivity index (χ3v) is 5.72. The van der Waals surface area contributed by atoms with E-state index in [1.54, 1.807) is 6.92 Å². The fourth-order valence-corrected chi connectivity index (χ4v) is 4.30. The number of halogens is 1. The Morgan fingerprint density at radius 3 is 2.42 bits per heavy atom. The lowest BCUT2D eigenvalue weighted by Crippen LogP contribution is -2.31. The Labute approximate surface area is 141 Å². The minimum Gasteiger partial charge on any atom is -0.478 e. The average Bonchev–Trinajstić information content (AvgIpc) is 3.13. The second-order valence-corrected chi connectivity index (χ2v) is 7.53. The molecular weight excluding hydrogens is 307 g/mol. The highest BCUT2D eigenvalue weighted by molar-refractivity contribution is 5.91. The van der Waals surface area contributed by atoms with Crippen molar-refractivity contribution in [2.75, 3.05) is 13.1 Å². The van der Waals surface area contributed by atoms with E-state index in [1.807, 2.05) is 0 Å². The summed E-state index contributed by atoms with van der Waals surface area (Å²) in [7, 11) is 0. The number of benzene rings is 1. The molecule has 1 saturated heterocycles. The van der Waals surface area contributed by atoms with Gasteiger partial charge >= 0.3 is 5.97 Å². The fourth-order valence-electron chi connectivity index (χ4n) is 4.30. The summed E-state index contributed by atoms with van der Waals surface area (Å²) in [6, 6.07) is 2.59. The number of carboxylic acid groups (broad SMARTS) is 1. The second-order valence-electron chi connectivity index (χ2n) is 7.53. The van der Waals surface area contributed by atoms with Crippen LogP contribution in [0.1, 0.15) is 48.0 Å². The van der Waals surface area contributed by atoms with Crippen LogP contribution in [0.4, 0.5) is 10.1 Å². The number of hydrogen-bond donors (Lipinski definition) is 1. The Hall–Kier alpha value is -1.91. The summed E-state index contributed by atoms with van der Waals surface area (Å²) in [5.41, 5.74) is 0.872. The molecule has 0 aromatic heterocycles. The van der Waals surface area contributed by atoms with Gasteiger partial charge in [-0.25, -0.2) is 14.2 Å². The first-order chi connectivity index (χ1) is 11.5. The highest BCUT2D eigenvalue weighted by Crippen LogP contribution is 2.42. The lowest BCUT2D eigenvalue weighted by Gasteiger charge is -2.22. The molecule has 0 radical (unpaired) electrons. The first kappa shape index (κ1) is 15.6. The molecule has 4 nitrogen and oxygen atoms in total. The molecule has 3 aliphatic rings. The lowest BCUT2D eigenvalue weighted by molar-refractivity contribution is 0.0696. The van der Waals surface area contributed by atoms with Crippen molar-refractivity contribution >= 4 is 17.5 Å². The van der Waals surface area contributed by atoms with Gasteiger partial charge < -0.3 is 10.0 Å². The molecule has 0 unspecified atom stereocenters. The van der Waals surface area contributed by atoms with Gasteiger partial charge in [0.2, 0.25) is 0 Å². The number of rotatable bonds is 3. The number of nitrogens with zero attached hydrogens (tertiary/aromatic N) is 2. The molecule has 1 N–H and O–H groups in total. The number of amidine groups is 1. The zero-order valence-corrected chi connectivity index (χ0v) is 14.0. The molecule has 1 heterocycles. The molecule has 128 valence electrons. The van der Waals surface area contributed by atoms with Gasteiger partial charge in [-0.1, -0.05) is 6.42 Å². The van der Waals surface area contributed by atoms with Crippen LogP contribution in [-0.4, -0.2) is 34.9 Å². The summed E-state index contributed by atoms with van der Waals surface area (Å²) in [5.74, 6) is 1.37. The van der Waals surface area contributed by atoms with Gasteiger partial charge in [0.25, 0.3) is 0 Å². The fraction of sp³-hybridized carbons (Fsp3) is 0.579. The summed E-state index contributed by atoms with van der Waals surface area (Å²) in [6.07, 6.45) is 6.19. The van der Waals surface area contributed by atoms with Crippen molar-refractivity contribution in [2.45, 2.75) is 39.0 Å². The Kier molecular flexibility index (Phi) is 3.82. The zero-order chi connectivity index (χ0) is 16.8. The van der Waals surface area contributed by atoms with Crippen LogP contribution >= 0.6 is 0 Å². The number of aromatic carboxylic acids is 1. The van der Waals surface area contributed by atoms with E-state index in [2.05, 4.69) is 4.90 Å². The zero-order valence-electron chi connectivity index (χ0n) is 14.0. The highest BCUT2D eigenvalue weighted by Gasteiger charge is 2.41. The smallest absolute Gasteiger partial charge is 0.335 e. The molecule has 2 aliphatic carbocycles. The first-order valence-corrected chi connectivity index (χ1v) is 8.90. The molecule has 3 fully saturated rings. The van der Waals surface area contributed by atoms with Crippen LogP contribution in [0.3, 0.4) is 0 Å². The molecule has 4 rings (SSSR count). The summed E-state index contributed by atoms with van der Waals surface area (Å²) < 4.78 is 14.4. The second kappa shape index (κ2) is 5.87. The van der Waals surface area contributed by atoms with Crippen molar-refractivity contribution in [3.05, 3.63) is 29.1 Å². The van der Waals surface area contributed by atoms with E-state index in [0.29, 0.717) is 17.2 Å². The largest absolute Gasteiger partial charge is 0.478 e. The third-order valence-electron chi connectivity index (χ3n) is 5.72. The Balaban J connectivity index is 1.66. The Morgan fingerprint density at radius 2 is 1.88 bits per heavy atom. The van der Waals surface area contributed by atoms with Gasteiger partial charge in [-0.15, -0.1) is 0 Å². The van der Waals surface area contributed by atoms with Gasteiger partial charge in [-0.2, -0.15) is 0 Å². The predicted molar refractivity (Wildman–Crippen MR) is 90.3 cm³/mol. The van der Waals surface area contributed by atoms with E-state index in [4.69, 9.17) is 10.1 Å². The topological polar surface area (TPSA) is 52.9 Å². The maximum Gasteiger partial charge on any atom is 0.335 e. The molecule has 0 bridgehead atoms. The predicted octanol–water partition coefficient (Wildman–Crippen LogP) is 4.00. The van der Waals surface area contributed by atoms with Crippen molar-refractivity contribution < 1.29 is 14.3 Å². The lowest BCUT2D eigenvalue weighted by atomic mass is 10.0. The van der Waals surface area contributed by atoms with Gasteiger partial charge in [0.1, 0.15) is 17.3 Å². The normalized spacial score (nSPS) is 26.8. The van der Waals surface area contributed by atoms with Crippen molar-refractivity contribution in [3.8, 4) is 0 Å². The van der Waals surface area contributed by atoms with Crippen LogP contribution in [-0.2, 0) is 0 Å². The Bertz CT molecular complexity index is 676. The number of hydrogen-bond acceptors (Lipinski definition) is 2. The first-order valence-electron chi connectivity index (χ1n) is 8.90. The van der Waals surface area contributed by atoms with Gasteiger partial charge in [0.05, 0.1) is 5.56 Å². The molecule has 1 aromatic rings. The van der Waals surface area contributed by atoms with E-state index in [9.17, 15) is 9.18 Å². The summed E-state index contributed by atoms with van der Waals surface area (Å²) in [6.45, 7) is 3.83. The van der Waals surface area contributed by atoms with Crippen LogP contribution in [0.25, 0.3) is 0 Å². The molecule has 0 spiro atoms. The molecule has 1 aliphatic heterocycles. The summed E-state index contributed by atoms with van der Waals surface area (Å²) in [5, 5.41) is 9.06. The molecule has 1 aromatic carbocycles. The van der Waals surface area contributed by atoms with E-state index in [-0.39, 0.29) is 5.56 Å². The van der Waals surface area contributed by atoms with E-state index in [0.717, 1.165) is 49.7 Å². The van der Waals surface area contributed by atoms with Crippen molar-refractivity contribution in [3.63, 3.8) is 0 Å². The van der Waals surface area contributed by atoms with Gasteiger partial charge in [0.15, 0.2) is 0 Å². The molecule has 24 heavy (non-hydrogen) atoms. The van der Waals surface area contributed by atoms with Crippen molar-refractivity contribution in [1.82, 2.24) is 4.90 Å². The number of carboxylic acids is 1. The Morgan fingerprint density at radius 1 is 1.21 bits per heavy atom. The number of likely N-dealkylation sites (tertiary alicyclic amines) is 1. The van der Waals surface area contributed by atoms with E-state index in [1.165, 1.54) is 25.3 Å². The van der Waals surface area contributed by atoms with Gasteiger partial charge in [-0.05, 0) is 62.1 Å². The minimum absolute atomic E-state index is 0.0207. The molecule has 2 saturated carbocycles. The van der Waals surface area contributed by atoms with Gasteiger partial charge in [-0.3, -0.25) is 0 Å². The average molecular weight is 330 g/mol. The number of fused-ring (bicyclic) bond motifs is 1. The monoisotopic (exact) mass is 330 g/mol. The van der Waals surface area contributed by atoms with Crippen LogP contribution in [0, 0.1) is 30.5 Å². The van der Waals surface area contributed by atoms with Crippen molar-refractivity contribution in [2.24, 2.45) is 22.7 Å². The number of aliphatic imine (C=N–C) groups is 1. The SMILES string of the molecule is Cc1cc(C(=O)O)cc(F)c1N=C(C1CC1)N1C[C@H]2CCC[C@H]2C1. The maximum atomic E-state index is 14.4. The van der Waals surface area contributed by atoms with E-state index < -0.39 is 11.8 Å². The molecule has 2 atom stereocenters. The van der Waals surface area contributed by atoms with Crippen LogP contribution < -0.4 is 0 Å². The van der Waals surface area contributed by atoms with E-state index >= 15 is 0 Å². The molecular formula is C19H23FN2O2. The molecule has 5 heteroatoms. The van der Waals surface area contributed by atoms with Crippen LogP contribution in [0.15, 0.2) is 17.1 Å². The third kappa shape index (κ3) is 2.80.